The van der Waals surface area contributed by atoms with Gasteiger partial charge in [-0.05, 0) is 26.0 Å². The maximum atomic E-state index is 9.64. The quantitative estimate of drug-likeness (QED) is 0.664. The summed E-state index contributed by atoms with van der Waals surface area (Å²) in [5.41, 5.74) is 0.911. The number of hydrogen-bond donors (Lipinski definition) is 1. The lowest BCUT2D eigenvalue weighted by Crippen LogP contribution is -2.17. The van der Waals surface area contributed by atoms with E-state index in [1.54, 1.807) is 13.8 Å². The van der Waals surface area contributed by atoms with Crippen LogP contribution < -0.4 is 0 Å². The summed E-state index contributed by atoms with van der Waals surface area (Å²) in [6, 6.07) is 5.73. The van der Waals surface area contributed by atoms with Crippen molar-refractivity contribution in [1.29, 1.82) is 0 Å². The first kappa shape index (κ1) is 9.92. The van der Waals surface area contributed by atoms with E-state index in [0.717, 1.165) is 15.8 Å². The van der Waals surface area contributed by atoms with E-state index in [4.69, 9.17) is 0 Å². The summed E-state index contributed by atoms with van der Waals surface area (Å²) in [5, 5.41) is 9.64. The smallest absolute Gasteiger partial charge is 0.101 e. The van der Waals surface area contributed by atoms with E-state index in [-0.39, 0.29) is 0 Å². The average molecular weight is 277 g/mol. The summed E-state index contributed by atoms with van der Waals surface area (Å²) >= 11 is 2.25. The molecule has 0 radical (unpaired) electrons. The van der Waals surface area contributed by atoms with Crippen molar-refractivity contribution in [1.82, 2.24) is 4.98 Å². The molecule has 0 unspecified atom stereocenters. The zero-order valence-electron chi connectivity index (χ0n) is 7.21. The van der Waals surface area contributed by atoms with Gasteiger partial charge in [-0.3, -0.25) is 4.98 Å². The van der Waals surface area contributed by atoms with E-state index in [1.807, 2.05) is 18.2 Å². The van der Waals surface area contributed by atoms with Crippen molar-refractivity contribution in [2.45, 2.75) is 23.9 Å². The van der Waals surface area contributed by atoms with Crippen LogP contribution in [0.4, 0.5) is 0 Å². The van der Waals surface area contributed by atoms with Crippen molar-refractivity contribution in [2.24, 2.45) is 0 Å². The summed E-state index contributed by atoms with van der Waals surface area (Å²) in [7, 11) is 0. The molecule has 0 spiro atoms. The van der Waals surface area contributed by atoms with E-state index in [2.05, 4.69) is 27.6 Å². The monoisotopic (exact) mass is 277 g/mol. The Bertz CT molecular complexity index is 267. The number of pyridine rings is 1. The Morgan fingerprint density at radius 3 is 2.67 bits per heavy atom. The Hall–Kier alpha value is -0.160. The number of aromatic nitrogens is 1. The molecule has 0 atom stereocenters. The molecule has 0 aliphatic heterocycles. The van der Waals surface area contributed by atoms with Crippen LogP contribution in [-0.2, 0) is 10.0 Å². The molecule has 1 N–H and O–H groups in total. The lowest BCUT2D eigenvalue weighted by Gasteiger charge is -2.16. The molecule has 2 nitrogen and oxygen atoms in total. The van der Waals surface area contributed by atoms with Gasteiger partial charge in [-0.2, -0.15) is 0 Å². The number of hydrogen-bond acceptors (Lipinski definition) is 2. The van der Waals surface area contributed by atoms with Gasteiger partial charge in [-0.1, -0.05) is 28.7 Å². The van der Waals surface area contributed by atoms with Gasteiger partial charge in [-0.25, -0.2) is 0 Å². The van der Waals surface area contributed by atoms with Crippen LogP contribution in [0.2, 0.25) is 0 Å². The Balaban J connectivity index is 3.02. The van der Waals surface area contributed by atoms with Crippen molar-refractivity contribution >= 4 is 22.6 Å². The van der Waals surface area contributed by atoms with Gasteiger partial charge in [-0.15, -0.1) is 0 Å². The third-order valence-electron chi connectivity index (χ3n) is 1.57. The molecule has 0 bridgehead atoms. The molecule has 1 aromatic rings. The van der Waals surface area contributed by atoms with Crippen LogP contribution in [0.5, 0.6) is 0 Å². The van der Waals surface area contributed by atoms with Crippen LogP contribution in [0.1, 0.15) is 25.2 Å². The van der Waals surface area contributed by atoms with Crippen LogP contribution >= 0.6 is 22.6 Å². The second-order valence-electron chi connectivity index (χ2n) is 3.21. The molecular formula is C9H12INO. The predicted molar refractivity (Wildman–Crippen MR) is 57.2 cm³/mol. The molecule has 0 aromatic carbocycles. The zero-order valence-corrected chi connectivity index (χ0v) is 9.37. The largest absolute Gasteiger partial charge is 0.384 e. The molecule has 66 valence electrons. The normalized spacial score (nSPS) is 11.7. The van der Waals surface area contributed by atoms with Gasteiger partial charge in [0.1, 0.15) is 5.60 Å². The minimum absolute atomic E-state index is 0.733. The van der Waals surface area contributed by atoms with Crippen LogP contribution in [-0.4, -0.2) is 10.1 Å². The van der Waals surface area contributed by atoms with Crippen molar-refractivity contribution in [3.63, 3.8) is 0 Å². The fourth-order valence-corrected chi connectivity index (χ4v) is 1.32. The van der Waals surface area contributed by atoms with E-state index < -0.39 is 5.60 Å². The Morgan fingerprint density at radius 1 is 1.50 bits per heavy atom. The van der Waals surface area contributed by atoms with Crippen LogP contribution in [0.3, 0.4) is 0 Å². The van der Waals surface area contributed by atoms with Gasteiger partial charge in [0.05, 0.1) is 11.4 Å². The molecule has 1 heterocycles. The molecule has 1 rings (SSSR count). The summed E-state index contributed by atoms with van der Waals surface area (Å²) in [4.78, 5) is 4.30. The molecule has 0 aliphatic rings. The fourth-order valence-electron chi connectivity index (χ4n) is 0.895. The maximum Gasteiger partial charge on any atom is 0.101 e. The Labute approximate surface area is 86.2 Å². The molecule has 12 heavy (non-hydrogen) atoms. The van der Waals surface area contributed by atoms with Crippen molar-refractivity contribution in [3.8, 4) is 0 Å². The highest BCUT2D eigenvalue weighted by molar-refractivity contribution is 14.1. The van der Waals surface area contributed by atoms with Gasteiger partial charge < -0.3 is 5.11 Å². The summed E-state index contributed by atoms with van der Waals surface area (Å²) in [6.45, 7) is 3.48. The zero-order chi connectivity index (χ0) is 9.19. The highest BCUT2D eigenvalue weighted by Crippen LogP contribution is 2.17. The first-order valence-corrected chi connectivity index (χ1v) is 5.31. The first-order chi connectivity index (χ1) is 5.54. The lowest BCUT2D eigenvalue weighted by molar-refractivity contribution is 0.0737. The minimum Gasteiger partial charge on any atom is -0.384 e. The van der Waals surface area contributed by atoms with E-state index in [1.165, 1.54) is 0 Å². The van der Waals surface area contributed by atoms with Gasteiger partial charge >= 0.3 is 0 Å². The number of nitrogens with zero attached hydrogens (tertiary/aromatic N) is 1. The molecule has 3 heteroatoms. The minimum atomic E-state index is -0.832. The summed E-state index contributed by atoms with van der Waals surface area (Å²) < 4.78 is 0.877. The molecule has 0 aliphatic carbocycles. The molecule has 1 aromatic heterocycles. The highest BCUT2D eigenvalue weighted by Gasteiger charge is 2.17. The van der Waals surface area contributed by atoms with Gasteiger partial charge in [0.25, 0.3) is 0 Å². The molecule has 0 amide bonds. The molecule has 0 saturated carbocycles. The van der Waals surface area contributed by atoms with E-state index >= 15 is 0 Å². The third-order valence-corrected chi connectivity index (χ3v) is 2.35. The summed E-state index contributed by atoms with van der Waals surface area (Å²) in [6.07, 6.45) is 0. The van der Waals surface area contributed by atoms with Gasteiger partial charge in [0.15, 0.2) is 0 Å². The average Bonchev–Trinajstić information content (AvgIpc) is 2.03. The standard InChI is InChI=1S/C9H12INO/c1-9(2,12)8-5-3-4-7(6-10)11-8/h3-5,12H,6H2,1-2H3. The predicted octanol–water partition coefficient (Wildman–Crippen LogP) is 2.24. The number of halogens is 1. The third kappa shape index (κ3) is 2.42. The molecular weight excluding hydrogens is 265 g/mol. The van der Waals surface area contributed by atoms with Crippen LogP contribution in [0.15, 0.2) is 18.2 Å². The topological polar surface area (TPSA) is 33.1 Å². The number of alkyl halides is 1. The maximum absolute atomic E-state index is 9.64. The Morgan fingerprint density at radius 2 is 2.17 bits per heavy atom. The summed E-state index contributed by atoms with van der Waals surface area (Å²) in [5.74, 6) is 0. The van der Waals surface area contributed by atoms with Gasteiger partial charge in [0.2, 0.25) is 0 Å². The lowest BCUT2D eigenvalue weighted by atomic mass is 10.0. The second kappa shape index (κ2) is 3.70. The Kier molecular flexibility index (Phi) is 3.06. The first-order valence-electron chi connectivity index (χ1n) is 3.79. The second-order valence-corrected chi connectivity index (χ2v) is 3.97. The molecule has 0 fully saturated rings. The fraction of sp³-hybridized carbons (Fsp3) is 0.444. The number of aliphatic hydroxyl groups is 1. The number of rotatable bonds is 2. The van der Waals surface area contributed by atoms with Crippen LogP contribution in [0.25, 0.3) is 0 Å². The van der Waals surface area contributed by atoms with Crippen LogP contribution in [0, 0.1) is 0 Å². The van der Waals surface area contributed by atoms with E-state index in [0.29, 0.717) is 0 Å². The van der Waals surface area contributed by atoms with Crippen molar-refractivity contribution < 1.29 is 5.11 Å². The highest BCUT2D eigenvalue weighted by atomic mass is 127. The SMILES string of the molecule is CC(C)(O)c1cccc(CI)n1. The van der Waals surface area contributed by atoms with E-state index in [9.17, 15) is 5.11 Å². The van der Waals surface area contributed by atoms with Crippen molar-refractivity contribution in [2.75, 3.05) is 0 Å². The molecule has 0 saturated heterocycles. The van der Waals surface area contributed by atoms with Gasteiger partial charge in [0, 0.05) is 4.43 Å². The van der Waals surface area contributed by atoms with Crippen molar-refractivity contribution in [3.05, 3.63) is 29.6 Å².